The molecule has 1 saturated heterocycles. The van der Waals surface area contributed by atoms with E-state index in [2.05, 4.69) is 58.5 Å². The molecule has 0 saturated carbocycles. The van der Waals surface area contributed by atoms with Gasteiger partial charge in [-0.2, -0.15) is 0 Å². The molecule has 0 aliphatic carbocycles. The maximum atomic E-state index is 14.4. The molecule has 12 atom stereocenters. The van der Waals surface area contributed by atoms with Gasteiger partial charge in [0.1, 0.15) is 60.4 Å². The van der Waals surface area contributed by atoms with E-state index in [1.54, 1.807) is 27.7 Å². The standard InChI is InChI=1S/C51H96N16O13/c1-26(2)10-9-11-39(70)58-31(12-18-52)46(75)67-41(30(8)69)51(80)63-34(15-21-55)43(72)62-36-17-23-57-50(79)40(29(7)68)66-47(76)35(16-22-56)60-42(71)32(13-19-53)61-48(77)37(24-27(3)4)65-49(78)38(25-28(5)6)64-44(73)33(14-20-54)59-45(36)74/h26-38,40-41,68-69H,9-25,52-56H2,1-8H3,(H,57,79)(H,58,70)(H,59,74)(H,60,71)(H,61,77)(H,62,72)(H,63,80)(H,64,73)(H,65,78)(H,66,76)(H,67,75)/t29-,30-,31+,32+,33?,34+,35+,36?,37+,38-,40?,41+/m1/s1. The van der Waals surface area contributed by atoms with Crippen LogP contribution in [0.5, 0.6) is 0 Å². The summed E-state index contributed by atoms with van der Waals surface area (Å²) in [4.78, 5) is 152. The monoisotopic (exact) mass is 1140 g/mol. The summed E-state index contributed by atoms with van der Waals surface area (Å²) in [7, 11) is 0. The third kappa shape index (κ3) is 26.4. The van der Waals surface area contributed by atoms with E-state index in [1.807, 2.05) is 13.8 Å². The third-order valence-electron chi connectivity index (χ3n) is 12.8. The number of aliphatic hydroxyl groups is 2. The second kappa shape index (κ2) is 37.8. The first-order valence-electron chi connectivity index (χ1n) is 27.8. The lowest BCUT2D eigenvalue weighted by Gasteiger charge is -2.29. The van der Waals surface area contributed by atoms with Gasteiger partial charge in [0.25, 0.3) is 0 Å². The molecule has 0 radical (unpaired) electrons. The molecule has 0 aromatic carbocycles. The van der Waals surface area contributed by atoms with E-state index in [-0.39, 0.29) is 95.9 Å². The number of aliphatic hydroxyl groups excluding tert-OH is 2. The second-order valence-electron chi connectivity index (χ2n) is 21.5. The lowest BCUT2D eigenvalue weighted by molar-refractivity contribution is -0.137. The van der Waals surface area contributed by atoms with Crippen LogP contribution in [0.2, 0.25) is 0 Å². The Hall–Kier alpha value is -6.11. The maximum Gasteiger partial charge on any atom is 0.245 e. The summed E-state index contributed by atoms with van der Waals surface area (Å²) in [5, 5.41) is 49.4. The molecule has 0 aromatic heterocycles. The minimum Gasteiger partial charge on any atom is -0.391 e. The first-order valence-corrected chi connectivity index (χ1v) is 27.8. The molecule has 29 heteroatoms. The van der Waals surface area contributed by atoms with Gasteiger partial charge in [-0.05, 0) is 122 Å². The van der Waals surface area contributed by atoms with Crippen molar-refractivity contribution < 1.29 is 63.0 Å². The summed E-state index contributed by atoms with van der Waals surface area (Å²) >= 11 is 0. The lowest BCUT2D eigenvalue weighted by atomic mass is 9.99. The lowest BCUT2D eigenvalue weighted by Crippen LogP contribution is -2.62. The number of nitrogens with two attached hydrogens (primary N) is 5. The Bertz CT molecular complexity index is 2030. The van der Waals surface area contributed by atoms with Crippen molar-refractivity contribution in [1.82, 2.24) is 58.5 Å². The highest BCUT2D eigenvalue weighted by molar-refractivity contribution is 5.99. The molecular weight excluding hydrogens is 1040 g/mol. The van der Waals surface area contributed by atoms with Crippen LogP contribution in [0.15, 0.2) is 0 Å². The van der Waals surface area contributed by atoms with Crippen LogP contribution in [0.3, 0.4) is 0 Å². The fourth-order valence-electron chi connectivity index (χ4n) is 8.45. The zero-order valence-electron chi connectivity index (χ0n) is 48.0. The molecule has 80 heavy (non-hydrogen) atoms. The van der Waals surface area contributed by atoms with Crippen LogP contribution in [0.4, 0.5) is 0 Å². The predicted octanol–water partition coefficient (Wildman–Crippen LogP) is -6.22. The Morgan fingerprint density at radius 1 is 0.500 bits per heavy atom. The highest BCUT2D eigenvalue weighted by atomic mass is 16.3. The molecule has 29 nitrogen and oxygen atoms in total. The molecule has 11 amide bonds. The van der Waals surface area contributed by atoms with Crippen molar-refractivity contribution in [2.75, 3.05) is 39.3 Å². The van der Waals surface area contributed by atoms with E-state index in [4.69, 9.17) is 28.7 Å². The molecule has 1 aliphatic heterocycles. The molecule has 0 bridgehead atoms. The van der Waals surface area contributed by atoms with Gasteiger partial charge in [0, 0.05) is 13.0 Å². The number of rotatable bonds is 27. The summed E-state index contributed by atoms with van der Waals surface area (Å²) < 4.78 is 0. The van der Waals surface area contributed by atoms with Gasteiger partial charge in [0.2, 0.25) is 65.0 Å². The largest absolute Gasteiger partial charge is 0.391 e. The highest BCUT2D eigenvalue weighted by Gasteiger charge is 2.37. The zero-order valence-corrected chi connectivity index (χ0v) is 48.0. The van der Waals surface area contributed by atoms with Gasteiger partial charge in [-0.15, -0.1) is 0 Å². The van der Waals surface area contributed by atoms with Crippen LogP contribution in [-0.2, 0) is 52.7 Å². The minimum atomic E-state index is -1.69. The van der Waals surface area contributed by atoms with Gasteiger partial charge in [-0.3, -0.25) is 52.7 Å². The van der Waals surface area contributed by atoms with E-state index < -0.39 is 151 Å². The van der Waals surface area contributed by atoms with Gasteiger partial charge < -0.3 is 97.4 Å². The Morgan fingerprint density at radius 3 is 1.34 bits per heavy atom. The van der Waals surface area contributed by atoms with Crippen LogP contribution in [0.25, 0.3) is 0 Å². The van der Waals surface area contributed by atoms with Gasteiger partial charge in [-0.1, -0.05) is 48.0 Å². The third-order valence-corrected chi connectivity index (χ3v) is 12.8. The Morgan fingerprint density at radius 2 is 0.925 bits per heavy atom. The molecule has 1 fully saturated rings. The maximum absolute atomic E-state index is 14.4. The van der Waals surface area contributed by atoms with Crippen molar-refractivity contribution in [3.05, 3.63) is 0 Å². The van der Waals surface area contributed by atoms with E-state index in [1.165, 1.54) is 13.8 Å². The number of nitrogens with one attached hydrogen (secondary N) is 11. The molecule has 458 valence electrons. The van der Waals surface area contributed by atoms with Crippen molar-refractivity contribution in [1.29, 1.82) is 0 Å². The number of carbonyl (C=O) groups excluding carboxylic acids is 11. The molecule has 1 heterocycles. The van der Waals surface area contributed by atoms with Gasteiger partial charge in [0.05, 0.1) is 12.2 Å². The quantitative estimate of drug-likeness (QED) is 0.0364. The molecule has 3 unspecified atom stereocenters. The van der Waals surface area contributed by atoms with Crippen molar-refractivity contribution in [2.45, 2.75) is 199 Å². The zero-order chi connectivity index (χ0) is 60.8. The van der Waals surface area contributed by atoms with Gasteiger partial charge in [0.15, 0.2) is 0 Å². The average Bonchev–Trinajstić information content (AvgIpc) is 3.36. The Balaban J connectivity index is 3.85. The molecule has 0 aromatic rings. The Labute approximate surface area is 469 Å². The summed E-state index contributed by atoms with van der Waals surface area (Å²) in [6.45, 7) is 12.4. The molecule has 23 N–H and O–H groups in total. The second-order valence-corrected chi connectivity index (χ2v) is 21.5. The molecule has 1 rings (SSSR count). The first kappa shape index (κ1) is 71.9. The van der Waals surface area contributed by atoms with Crippen LogP contribution >= 0.6 is 0 Å². The number of carbonyl (C=O) groups is 11. The summed E-state index contributed by atoms with van der Waals surface area (Å²) in [5.74, 6) is -9.67. The van der Waals surface area contributed by atoms with E-state index in [0.29, 0.717) is 12.3 Å². The normalized spacial score (nSPS) is 23.4. The van der Waals surface area contributed by atoms with E-state index in [9.17, 15) is 63.0 Å². The van der Waals surface area contributed by atoms with Crippen molar-refractivity contribution in [3.63, 3.8) is 0 Å². The average molecular weight is 1140 g/mol. The van der Waals surface area contributed by atoms with Crippen LogP contribution in [0.1, 0.15) is 126 Å². The fourth-order valence-corrected chi connectivity index (χ4v) is 8.45. The topological polar surface area (TPSA) is 491 Å². The Kier molecular flexibility index (Phi) is 33.9. The number of amides is 11. The minimum absolute atomic E-state index is 0.0157. The van der Waals surface area contributed by atoms with Crippen LogP contribution in [0, 0.1) is 17.8 Å². The van der Waals surface area contributed by atoms with Crippen LogP contribution in [-0.4, -0.2) is 187 Å². The van der Waals surface area contributed by atoms with E-state index >= 15 is 0 Å². The summed E-state index contributed by atoms with van der Waals surface area (Å²) in [6, 6.07) is -14.5. The number of hydrogen-bond donors (Lipinski definition) is 18. The van der Waals surface area contributed by atoms with Crippen molar-refractivity contribution in [2.24, 2.45) is 46.4 Å². The highest BCUT2D eigenvalue weighted by Crippen LogP contribution is 2.12. The summed E-state index contributed by atoms with van der Waals surface area (Å²) in [6.07, 6.45) is -2.77. The predicted molar refractivity (Wildman–Crippen MR) is 296 cm³/mol. The summed E-state index contributed by atoms with van der Waals surface area (Å²) in [5.41, 5.74) is 29.2. The van der Waals surface area contributed by atoms with Gasteiger partial charge >= 0.3 is 0 Å². The molecular formula is C51H96N16O13. The first-order chi connectivity index (χ1) is 37.6. The van der Waals surface area contributed by atoms with Crippen LogP contribution < -0.4 is 87.2 Å². The van der Waals surface area contributed by atoms with Crippen molar-refractivity contribution in [3.8, 4) is 0 Å². The molecule has 0 spiro atoms. The smallest absolute Gasteiger partial charge is 0.245 e. The number of hydrogen-bond acceptors (Lipinski definition) is 18. The fraction of sp³-hybridized carbons (Fsp3) is 0.784. The SMILES string of the molecule is CC(C)CCCC(=O)N[C@@H](CCN)C(=O)N[C@H](C(=O)N[C@@H](CCN)C(=O)NC1CCNC(=O)C([C@@H](C)O)NC(=O)[C@H](CCN)NC(=O)[C@H](CCN)NC(=O)[C@H](CC(C)C)NC(=O)[C@@H](CC(C)C)NC(=O)C(CCN)NC1=O)[C@@H](C)O. The van der Waals surface area contributed by atoms with Crippen molar-refractivity contribution >= 4 is 65.0 Å². The molecule has 1 aliphatic rings. The van der Waals surface area contributed by atoms with Gasteiger partial charge in [-0.25, -0.2) is 0 Å². The van der Waals surface area contributed by atoms with E-state index in [0.717, 1.165) is 6.42 Å².